The quantitative estimate of drug-likeness (QED) is 0.668. The third-order valence-corrected chi connectivity index (χ3v) is 8.84. The van der Waals surface area contributed by atoms with Crippen LogP contribution in [0.4, 0.5) is 0 Å². The molecule has 4 aliphatic carbocycles. The molecule has 0 bridgehead atoms. The summed E-state index contributed by atoms with van der Waals surface area (Å²) in [4.78, 5) is 24.4. The number of carbonyl (C=O) groups is 2. The number of rotatable bonds is 0. The van der Waals surface area contributed by atoms with Crippen LogP contribution in [-0.4, -0.2) is 33.5 Å². The minimum atomic E-state index is -0.722. The third kappa shape index (κ3) is 1.87. The van der Waals surface area contributed by atoms with E-state index in [0.29, 0.717) is 24.7 Å². The first-order chi connectivity index (χ1) is 11.1. The lowest BCUT2D eigenvalue weighted by molar-refractivity contribution is -0.193. The van der Waals surface area contributed by atoms with Gasteiger partial charge in [-0.15, -0.1) is 0 Å². The van der Waals surface area contributed by atoms with Crippen molar-refractivity contribution in [1.82, 2.24) is 0 Å². The fourth-order valence-electron chi connectivity index (χ4n) is 7.30. The number of carbonyl (C=O) groups excluding carboxylic acids is 2. The summed E-state index contributed by atoms with van der Waals surface area (Å²) in [6, 6.07) is 0. The molecule has 4 saturated carbocycles. The van der Waals surface area contributed by atoms with Crippen LogP contribution in [0.25, 0.3) is 0 Å². The van der Waals surface area contributed by atoms with Gasteiger partial charge in [-0.3, -0.25) is 9.59 Å². The van der Waals surface area contributed by atoms with E-state index in [2.05, 4.69) is 13.8 Å². The molecule has 4 nitrogen and oxygen atoms in total. The van der Waals surface area contributed by atoms with Gasteiger partial charge in [0.25, 0.3) is 0 Å². The molecule has 134 valence electrons. The summed E-state index contributed by atoms with van der Waals surface area (Å²) in [7, 11) is 0. The molecule has 0 aliphatic heterocycles. The van der Waals surface area contributed by atoms with Crippen LogP contribution in [0.15, 0.2) is 0 Å². The third-order valence-electron chi connectivity index (χ3n) is 8.84. The summed E-state index contributed by atoms with van der Waals surface area (Å²) in [5.74, 6) is 0.235. The lowest BCUT2D eigenvalue weighted by Crippen LogP contribution is -2.62. The second-order valence-electron chi connectivity index (χ2n) is 9.72. The molecule has 24 heavy (non-hydrogen) atoms. The Hall–Kier alpha value is -0.740. The Labute approximate surface area is 144 Å². The van der Waals surface area contributed by atoms with E-state index in [-0.39, 0.29) is 34.2 Å². The molecule has 0 heterocycles. The highest BCUT2D eigenvalue weighted by Gasteiger charge is 2.66. The van der Waals surface area contributed by atoms with E-state index < -0.39 is 11.7 Å². The number of ketones is 2. The second kappa shape index (κ2) is 4.91. The molecular weight excluding hydrogens is 304 g/mol. The molecule has 2 unspecified atom stereocenters. The zero-order valence-electron chi connectivity index (χ0n) is 15.0. The molecule has 8 atom stereocenters. The van der Waals surface area contributed by atoms with Crippen LogP contribution in [0.3, 0.4) is 0 Å². The van der Waals surface area contributed by atoms with Crippen LogP contribution in [0.5, 0.6) is 0 Å². The highest BCUT2D eigenvalue weighted by molar-refractivity contribution is 6.38. The molecule has 4 fully saturated rings. The Morgan fingerprint density at radius 2 is 1.75 bits per heavy atom. The van der Waals surface area contributed by atoms with Gasteiger partial charge >= 0.3 is 0 Å². The number of hydrogen-bond donors (Lipinski definition) is 2. The molecule has 4 rings (SSSR count). The molecule has 4 heteroatoms. The van der Waals surface area contributed by atoms with Crippen molar-refractivity contribution in [1.29, 1.82) is 0 Å². The van der Waals surface area contributed by atoms with E-state index in [1.165, 1.54) is 0 Å². The number of aliphatic hydroxyl groups is 2. The minimum Gasteiger partial charge on any atom is -0.393 e. The van der Waals surface area contributed by atoms with Crippen LogP contribution in [0.1, 0.15) is 65.7 Å². The topological polar surface area (TPSA) is 74.6 Å². The van der Waals surface area contributed by atoms with Gasteiger partial charge in [0, 0.05) is 17.8 Å². The van der Waals surface area contributed by atoms with E-state index in [4.69, 9.17) is 0 Å². The Morgan fingerprint density at radius 3 is 2.46 bits per heavy atom. The average Bonchev–Trinajstić information content (AvgIpc) is 2.73. The number of Topliss-reactive ketones (excluding diaryl/α,β-unsaturated/α-hetero) is 2. The lowest BCUT2D eigenvalue weighted by Gasteiger charge is -2.61. The first-order valence-electron chi connectivity index (χ1n) is 9.59. The van der Waals surface area contributed by atoms with Gasteiger partial charge in [-0.25, -0.2) is 0 Å². The number of fused-ring (bicyclic) bond motifs is 5. The molecule has 0 saturated heterocycles. The lowest BCUT2D eigenvalue weighted by atomic mass is 9.43. The normalized spacial score (nSPS) is 57.3. The highest BCUT2D eigenvalue weighted by Crippen LogP contribution is 2.67. The maximum atomic E-state index is 12.5. The van der Waals surface area contributed by atoms with E-state index in [1.807, 2.05) is 6.92 Å². The summed E-state index contributed by atoms with van der Waals surface area (Å²) >= 11 is 0. The first kappa shape index (κ1) is 16.7. The van der Waals surface area contributed by atoms with E-state index >= 15 is 0 Å². The standard InChI is InChI=1S/C20H30O4/c1-18-8-7-14(21)17(23)13(18)5-4-11-12-6-9-20(3,24)19(12,2)10-15(22)16(11)18/h11-13,15-16,22,24H,4-10H2,1-3H3/t11-,12-,13?,15?,16+,18-,19-,20-/m0/s1. The predicted molar refractivity (Wildman–Crippen MR) is 89.1 cm³/mol. The number of aliphatic hydroxyl groups excluding tert-OH is 1. The van der Waals surface area contributed by atoms with Gasteiger partial charge in [-0.1, -0.05) is 13.8 Å². The fraction of sp³-hybridized carbons (Fsp3) is 0.900. The molecular formula is C20H30O4. The second-order valence-corrected chi connectivity index (χ2v) is 9.72. The van der Waals surface area contributed by atoms with Crippen LogP contribution in [-0.2, 0) is 9.59 Å². The first-order valence-corrected chi connectivity index (χ1v) is 9.59. The largest absolute Gasteiger partial charge is 0.393 e. The molecule has 0 spiro atoms. The van der Waals surface area contributed by atoms with Gasteiger partial charge in [0.1, 0.15) is 0 Å². The van der Waals surface area contributed by atoms with Gasteiger partial charge in [-0.05, 0) is 68.6 Å². The van der Waals surface area contributed by atoms with Gasteiger partial charge in [-0.2, -0.15) is 0 Å². The van der Waals surface area contributed by atoms with Gasteiger partial charge < -0.3 is 10.2 Å². The summed E-state index contributed by atoms with van der Waals surface area (Å²) in [6.45, 7) is 6.21. The molecule has 4 aliphatic rings. The highest BCUT2D eigenvalue weighted by atomic mass is 16.3. The van der Waals surface area contributed by atoms with Gasteiger partial charge in [0.15, 0.2) is 5.78 Å². The average molecular weight is 334 g/mol. The van der Waals surface area contributed by atoms with Crippen molar-refractivity contribution in [2.75, 3.05) is 0 Å². The zero-order valence-corrected chi connectivity index (χ0v) is 15.0. The van der Waals surface area contributed by atoms with Crippen molar-refractivity contribution in [3.05, 3.63) is 0 Å². The predicted octanol–water partition coefficient (Wildman–Crippen LogP) is 2.50. The van der Waals surface area contributed by atoms with Crippen molar-refractivity contribution < 1.29 is 19.8 Å². The van der Waals surface area contributed by atoms with Crippen molar-refractivity contribution in [2.45, 2.75) is 77.4 Å². The van der Waals surface area contributed by atoms with Crippen LogP contribution in [0.2, 0.25) is 0 Å². The van der Waals surface area contributed by atoms with E-state index in [1.54, 1.807) is 0 Å². The summed E-state index contributed by atoms with van der Waals surface area (Å²) in [5.41, 5.74) is -1.23. The van der Waals surface area contributed by atoms with Gasteiger partial charge in [0.05, 0.1) is 11.7 Å². The Balaban J connectivity index is 1.73. The van der Waals surface area contributed by atoms with E-state index in [0.717, 1.165) is 32.1 Å². The molecule has 0 aromatic heterocycles. The Kier molecular flexibility index (Phi) is 3.42. The Morgan fingerprint density at radius 1 is 1.04 bits per heavy atom. The summed E-state index contributed by atoms with van der Waals surface area (Å²) < 4.78 is 0. The van der Waals surface area contributed by atoms with Crippen molar-refractivity contribution in [3.8, 4) is 0 Å². The van der Waals surface area contributed by atoms with Crippen molar-refractivity contribution >= 4 is 11.6 Å². The zero-order chi connectivity index (χ0) is 17.5. The number of hydrogen-bond acceptors (Lipinski definition) is 4. The maximum Gasteiger partial charge on any atom is 0.201 e. The molecule has 0 radical (unpaired) electrons. The van der Waals surface area contributed by atoms with Crippen molar-refractivity contribution in [2.24, 2.45) is 34.5 Å². The maximum absolute atomic E-state index is 12.5. The fourth-order valence-corrected chi connectivity index (χ4v) is 7.30. The molecule has 2 N–H and O–H groups in total. The minimum absolute atomic E-state index is 0.0836. The summed E-state index contributed by atoms with van der Waals surface area (Å²) in [5, 5.41) is 22.0. The van der Waals surface area contributed by atoms with Crippen LogP contribution >= 0.6 is 0 Å². The molecule has 0 aromatic rings. The molecule has 0 amide bonds. The van der Waals surface area contributed by atoms with Crippen LogP contribution < -0.4 is 0 Å². The van der Waals surface area contributed by atoms with Gasteiger partial charge in [0.2, 0.25) is 5.78 Å². The smallest absolute Gasteiger partial charge is 0.201 e. The SMILES string of the molecule is C[C@]12CCC(=O)C(=O)C1CC[C@@H]1[C@@H]2C(O)C[C@@]2(C)[C@H]1CC[C@]2(C)O. The Bertz CT molecular complexity index is 596. The van der Waals surface area contributed by atoms with Crippen molar-refractivity contribution in [3.63, 3.8) is 0 Å². The monoisotopic (exact) mass is 334 g/mol. The van der Waals surface area contributed by atoms with E-state index in [9.17, 15) is 19.8 Å². The summed E-state index contributed by atoms with van der Waals surface area (Å²) in [6.07, 6.45) is 4.64. The van der Waals surface area contributed by atoms with Crippen LogP contribution in [0, 0.1) is 34.5 Å². The molecule has 0 aromatic carbocycles.